The first-order valence-electron chi connectivity index (χ1n) is 6.00. The van der Waals surface area contributed by atoms with Gasteiger partial charge in [0.25, 0.3) is 0 Å². The van der Waals surface area contributed by atoms with Crippen molar-refractivity contribution in [1.82, 2.24) is 10.3 Å². The quantitative estimate of drug-likeness (QED) is 0.767. The summed E-state index contributed by atoms with van der Waals surface area (Å²) in [6, 6.07) is -0.276. The molecule has 19 heavy (non-hydrogen) atoms. The van der Waals surface area contributed by atoms with Gasteiger partial charge in [-0.25, -0.2) is 4.98 Å². The summed E-state index contributed by atoms with van der Waals surface area (Å²) in [4.78, 5) is 27.0. The van der Waals surface area contributed by atoms with Gasteiger partial charge in [0, 0.05) is 11.4 Å². The molecule has 7 heteroatoms. The number of thiazole rings is 1. The van der Waals surface area contributed by atoms with E-state index in [-0.39, 0.29) is 30.4 Å². The molecular weight excluding hydrogens is 266 g/mol. The van der Waals surface area contributed by atoms with E-state index in [9.17, 15) is 9.59 Å². The van der Waals surface area contributed by atoms with Gasteiger partial charge in [0.15, 0.2) is 5.13 Å². The molecule has 2 N–H and O–H groups in total. The fourth-order valence-corrected chi connectivity index (χ4v) is 2.13. The van der Waals surface area contributed by atoms with Gasteiger partial charge >= 0.3 is 5.97 Å². The number of hydrogen-bond donors (Lipinski definition) is 2. The van der Waals surface area contributed by atoms with Crippen molar-refractivity contribution in [3.8, 4) is 0 Å². The van der Waals surface area contributed by atoms with Crippen molar-refractivity contribution in [2.75, 3.05) is 12.4 Å². The van der Waals surface area contributed by atoms with E-state index in [0.717, 1.165) is 0 Å². The van der Waals surface area contributed by atoms with Crippen LogP contribution in [-0.4, -0.2) is 36.1 Å². The summed E-state index contributed by atoms with van der Waals surface area (Å²) < 4.78 is 4.57. The van der Waals surface area contributed by atoms with Crippen molar-refractivity contribution < 1.29 is 14.3 Å². The van der Waals surface area contributed by atoms with Crippen LogP contribution in [0.1, 0.15) is 26.5 Å². The molecule has 0 aliphatic heterocycles. The zero-order valence-corrected chi connectivity index (χ0v) is 12.3. The van der Waals surface area contributed by atoms with Crippen molar-refractivity contribution in [2.45, 2.75) is 39.3 Å². The van der Waals surface area contributed by atoms with Gasteiger partial charge in [-0.3, -0.25) is 9.59 Å². The summed E-state index contributed by atoms with van der Waals surface area (Å²) >= 11 is 1.36. The molecule has 0 aliphatic carbocycles. The molecule has 1 unspecified atom stereocenters. The highest BCUT2D eigenvalue weighted by molar-refractivity contribution is 7.13. The van der Waals surface area contributed by atoms with Gasteiger partial charge in [-0.15, -0.1) is 11.3 Å². The SMILES string of the molecule is COC(=O)Cc1csc(NC(C)C(=O)NC(C)C)n1. The van der Waals surface area contributed by atoms with Crippen LogP contribution in [0, 0.1) is 0 Å². The lowest BCUT2D eigenvalue weighted by Gasteiger charge is -2.15. The van der Waals surface area contributed by atoms with Crippen LogP contribution in [0.4, 0.5) is 5.13 Å². The van der Waals surface area contributed by atoms with Gasteiger partial charge in [0.2, 0.25) is 5.91 Å². The van der Waals surface area contributed by atoms with Crippen LogP contribution < -0.4 is 10.6 Å². The molecule has 0 saturated heterocycles. The Bertz CT molecular complexity index is 445. The van der Waals surface area contributed by atoms with Crippen molar-refractivity contribution in [3.05, 3.63) is 11.1 Å². The summed E-state index contributed by atoms with van der Waals surface area (Å²) in [7, 11) is 1.34. The minimum absolute atomic E-state index is 0.0836. The highest BCUT2D eigenvalue weighted by Crippen LogP contribution is 2.17. The zero-order valence-electron chi connectivity index (χ0n) is 11.5. The largest absolute Gasteiger partial charge is 0.469 e. The summed E-state index contributed by atoms with van der Waals surface area (Å²) in [5.74, 6) is -0.415. The molecular formula is C12H19N3O3S. The van der Waals surface area contributed by atoms with Gasteiger partial charge in [0.05, 0.1) is 19.2 Å². The van der Waals surface area contributed by atoms with E-state index in [0.29, 0.717) is 10.8 Å². The summed E-state index contributed by atoms with van der Waals surface area (Å²) in [6.07, 6.45) is 0.140. The number of esters is 1. The van der Waals surface area contributed by atoms with Crippen molar-refractivity contribution in [1.29, 1.82) is 0 Å². The van der Waals surface area contributed by atoms with Crippen molar-refractivity contribution >= 4 is 28.3 Å². The summed E-state index contributed by atoms with van der Waals surface area (Å²) in [5, 5.41) is 8.20. The molecule has 0 aromatic carbocycles. The Hall–Kier alpha value is -1.63. The minimum Gasteiger partial charge on any atom is -0.469 e. The Morgan fingerprint density at radius 2 is 2.11 bits per heavy atom. The molecule has 106 valence electrons. The molecule has 0 saturated carbocycles. The smallest absolute Gasteiger partial charge is 0.311 e. The number of carbonyl (C=O) groups excluding carboxylic acids is 2. The molecule has 0 radical (unpaired) electrons. The average molecular weight is 285 g/mol. The standard InChI is InChI=1S/C12H19N3O3S/c1-7(2)13-11(17)8(3)14-12-15-9(6-19-12)5-10(16)18-4/h6-8H,5H2,1-4H3,(H,13,17)(H,14,15). The molecule has 0 bridgehead atoms. The van der Waals surface area contributed by atoms with E-state index in [4.69, 9.17) is 0 Å². The van der Waals surface area contributed by atoms with Crippen LogP contribution in [0.5, 0.6) is 0 Å². The maximum absolute atomic E-state index is 11.7. The molecule has 0 fully saturated rings. The van der Waals surface area contributed by atoms with E-state index in [1.807, 2.05) is 13.8 Å². The third kappa shape index (κ3) is 5.25. The number of nitrogens with zero attached hydrogens (tertiary/aromatic N) is 1. The van der Waals surface area contributed by atoms with Gasteiger partial charge in [-0.1, -0.05) is 0 Å². The van der Waals surface area contributed by atoms with Crippen LogP contribution in [-0.2, 0) is 20.7 Å². The number of rotatable bonds is 6. The Kier molecular flexibility index (Phi) is 5.75. The first-order valence-corrected chi connectivity index (χ1v) is 6.88. The normalized spacial score (nSPS) is 12.1. The van der Waals surface area contributed by atoms with E-state index in [1.165, 1.54) is 18.4 Å². The van der Waals surface area contributed by atoms with Gasteiger partial charge in [-0.2, -0.15) is 0 Å². The van der Waals surface area contributed by atoms with E-state index >= 15 is 0 Å². The highest BCUT2D eigenvalue weighted by Gasteiger charge is 2.15. The second-order valence-electron chi connectivity index (χ2n) is 4.43. The number of hydrogen-bond acceptors (Lipinski definition) is 6. The lowest BCUT2D eigenvalue weighted by Crippen LogP contribution is -2.40. The Balaban J connectivity index is 2.53. The van der Waals surface area contributed by atoms with Gasteiger partial charge < -0.3 is 15.4 Å². The second kappa shape index (κ2) is 7.08. The molecule has 6 nitrogen and oxygen atoms in total. The second-order valence-corrected chi connectivity index (χ2v) is 5.28. The molecule has 1 amide bonds. The lowest BCUT2D eigenvalue weighted by atomic mass is 10.3. The number of nitrogens with one attached hydrogen (secondary N) is 2. The third-order valence-electron chi connectivity index (χ3n) is 2.27. The molecule has 1 rings (SSSR count). The topological polar surface area (TPSA) is 80.3 Å². The zero-order chi connectivity index (χ0) is 14.4. The van der Waals surface area contributed by atoms with Crippen LogP contribution in [0.25, 0.3) is 0 Å². The third-order valence-corrected chi connectivity index (χ3v) is 3.09. The van der Waals surface area contributed by atoms with Crippen LogP contribution in [0.15, 0.2) is 5.38 Å². The fourth-order valence-electron chi connectivity index (χ4n) is 1.33. The van der Waals surface area contributed by atoms with Crippen LogP contribution in [0.3, 0.4) is 0 Å². The van der Waals surface area contributed by atoms with E-state index in [2.05, 4.69) is 20.4 Å². The summed E-state index contributed by atoms with van der Waals surface area (Å²) in [5.41, 5.74) is 0.635. The lowest BCUT2D eigenvalue weighted by molar-refractivity contribution is -0.139. The molecule has 1 aromatic rings. The number of carbonyl (C=O) groups is 2. The van der Waals surface area contributed by atoms with Crippen molar-refractivity contribution in [2.24, 2.45) is 0 Å². The number of methoxy groups -OCH3 is 1. The fraction of sp³-hybridized carbons (Fsp3) is 0.583. The predicted molar refractivity (Wildman–Crippen MR) is 74.2 cm³/mol. The minimum atomic E-state index is -0.375. The predicted octanol–water partition coefficient (Wildman–Crippen LogP) is 1.18. The van der Waals surface area contributed by atoms with E-state index < -0.39 is 0 Å². The maximum atomic E-state index is 11.7. The number of ether oxygens (including phenoxy) is 1. The first-order chi connectivity index (χ1) is 8.92. The highest BCUT2D eigenvalue weighted by atomic mass is 32.1. The van der Waals surface area contributed by atoms with Crippen molar-refractivity contribution in [3.63, 3.8) is 0 Å². The summed E-state index contributed by atoms with van der Waals surface area (Å²) in [6.45, 7) is 5.57. The average Bonchev–Trinajstić information content (AvgIpc) is 2.75. The molecule has 0 aliphatic rings. The van der Waals surface area contributed by atoms with Gasteiger partial charge in [0.1, 0.15) is 6.04 Å². The number of aromatic nitrogens is 1. The Labute approximate surface area is 116 Å². The van der Waals surface area contributed by atoms with Crippen LogP contribution in [0.2, 0.25) is 0 Å². The van der Waals surface area contributed by atoms with Gasteiger partial charge in [-0.05, 0) is 20.8 Å². The molecule has 1 atom stereocenters. The monoisotopic (exact) mass is 285 g/mol. The first kappa shape index (κ1) is 15.4. The molecule has 0 spiro atoms. The number of anilines is 1. The Morgan fingerprint density at radius 1 is 1.42 bits per heavy atom. The van der Waals surface area contributed by atoms with E-state index in [1.54, 1.807) is 12.3 Å². The molecule has 1 aromatic heterocycles. The Morgan fingerprint density at radius 3 is 2.68 bits per heavy atom. The van der Waals surface area contributed by atoms with Crippen LogP contribution >= 0.6 is 11.3 Å². The molecule has 1 heterocycles. The number of amides is 1. The maximum Gasteiger partial charge on any atom is 0.311 e.